The highest BCUT2D eigenvalue weighted by molar-refractivity contribution is 5.32. The first-order valence-electron chi connectivity index (χ1n) is 8.29. The molecule has 0 radical (unpaired) electrons. The van der Waals surface area contributed by atoms with Crippen LogP contribution in [0.2, 0.25) is 0 Å². The van der Waals surface area contributed by atoms with E-state index in [9.17, 15) is 0 Å². The molecule has 1 saturated heterocycles. The molecule has 4 atom stereocenters. The SMILES string of the molecule is CCC(N)C(c1cccc(OC)c1)N1C(C)CCC1CC. The minimum Gasteiger partial charge on any atom is -0.497 e. The lowest BCUT2D eigenvalue weighted by Gasteiger charge is -2.39. The summed E-state index contributed by atoms with van der Waals surface area (Å²) in [4.78, 5) is 2.66. The molecular formula is C18H30N2O. The standard InChI is InChI=1S/C18H30N2O/c1-5-15-11-10-13(3)20(15)18(17(19)6-2)14-8-7-9-16(12-14)21-4/h7-9,12-13,15,17-18H,5-6,10-11,19H2,1-4H3. The number of likely N-dealkylation sites (tertiary alicyclic amines) is 1. The highest BCUT2D eigenvalue weighted by atomic mass is 16.5. The lowest BCUT2D eigenvalue weighted by Crippen LogP contribution is -2.46. The first kappa shape index (κ1) is 16.3. The van der Waals surface area contributed by atoms with Gasteiger partial charge in [0.25, 0.3) is 0 Å². The molecule has 118 valence electrons. The Morgan fingerprint density at radius 2 is 2.10 bits per heavy atom. The molecule has 3 heteroatoms. The molecule has 3 nitrogen and oxygen atoms in total. The van der Waals surface area contributed by atoms with Gasteiger partial charge < -0.3 is 10.5 Å². The Labute approximate surface area is 129 Å². The molecule has 2 rings (SSSR count). The molecule has 0 spiro atoms. The average molecular weight is 290 g/mol. The van der Waals surface area contributed by atoms with Crippen molar-refractivity contribution < 1.29 is 4.74 Å². The first-order valence-corrected chi connectivity index (χ1v) is 8.29. The Morgan fingerprint density at radius 3 is 2.71 bits per heavy atom. The minimum atomic E-state index is 0.159. The van der Waals surface area contributed by atoms with Gasteiger partial charge in [0.05, 0.1) is 13.2 Å². The maximum Gasteiger partial charge on any atom is 0.119 e. The van der Waals surface area contributed by atoms with Crippen LogP contribution in [-0.2, 0) is 0 Å². The highest BCUT2D eigenvalue weighted by Crippen LogP contribution is 2.37. The zero-order valence-electron chi connectivity index (χ0n) is 13.9. The summed E-state index contributed by atoms with van der Waals surface area (Å²) < 4.78 is 5.40. The smallest absolute Gasteiger partial charge is 0.119 e. The van der Waals surface area contributed by atoms with Crippen LogP contribution in [-0.4, -0.2) is 30.1 Å². The molecule has 1 heterocycles. The molecule has 0 bridgehead atoms. The van der Waals surface area contributed by atoms with Crippen molar-refractivity contribution in [2.45, 2.75) is 70.6 Å². The summed E-state index contributed by atoms with van der Waals surface area (Å²) in [7, 11) is 1.72. The molecule has 0 saturated carbocycles. The topological polar surface area (TPSA) is 38.5 Å². The van der Waals surface area contributed by atoms with Crippen molar-refractivity contribution >= 4 is 0 Å². The van der Waals surface area contributed by atoms with Gasteiger partial charge in [0.2, 0.25) is 0 Å². The molecule has 2 N–H and O–H groups in total. The van der Waals surface area contributed by atoms with Crippen molar-refractivity contribution in [1.82, 2.24) is 4.90 Å². The van der Waals surface area contributed by atoms with E-state index in [1.54, 1.807) is 7.11 Å². The van der Waals surface area contributed by atoms with Crippen LogP contribution in [0.5, 0.6) is 5.75 Å². The molecule has 4 unspecified atom stereocenters. The maximum absolute atomic E-state index is 6.52. The van der Waals surface area contributed by atoms with Gasteiger partial charge in [0, 0.05) is 18.1 Å². The van der Waals surface area contributed by atoms with E-state index in [2.05, 4.69) is 43.9 Å². The largest absolute Gasteiger partial charge is 0.497 e. The Hall–Kier alpha value is -1.06. The van der Waals surface area contributed by atoms with Crippen LogP contribution in [0.25, 0.3) is 0 Å². The van der Waals surface area contributed by atoms with Gasteiger partial charge in [-0.2, -0.15) is 0 Å². The van der Waals surface area contributed by atoms with Crippen LogP contribution in [0.15, 0.2) is 24.3 Å². The number of methoxy groups -OCH3 is 1. The van der Waals surface area contributed by atoms with E-state index in [0.29, 0.717) is 12.1 Å². The predicted octanol–water partition coefficient (Wildman–Crippen LogP) is 3.74. The van der Waals surface area contributed by atoms with Crippen LogP contribution in [0.1, 0.15) is 58.1 Å². The van der Waals surface area contributed by atoms with Crippen molar-refractivity contribution in [3.8, 4) is 5.75 Å². The molecule has 1 aliphatic heterocycles. The minimum absolute atomic E-state index is 0.159. The van der Waals surface area contributed by atoms with Gasteiger partial charge in [-0.05, 0) is 50.3 Å². The Balaban J connectivity index is 2.37. The van der Waals surface area contributed by atoms with Crippen molar-refractivity contribution in [2.75, 3.05) is 7.11 Å². The maximum atomic E-state index is 6.52. The molecule has 0 aromatic heterocycles. The van der Waals surface area contributed by atoms with E-state index in [4.69, 9.17) is 10.5 Å². The average Bonchev–Trinajstić information content (AvgIpc) is 2.88. The van der Waals surface area contributed by atoms with Crippen molar-refractivity contribution in [1.29, 1.82) is 0 Å². The van der Waals surface area contributed by atoms with Crippen molar-refractivity contribution in [3.63, 3.8) is 0 Å². The second-order valence-corrected chi connectivity index (χ2v) is 6.23. The van der Waals surface area contributed by atoms with Crippen LogP contribution in [0.3, 0.4) is 0 Å². The molecule has 1 fully saturated rings. The van der Waals surface area contributed by atoms with Gasteiger partial charge in [0.1, 0.15) is 5.75 Å². The van der Waals surface area contributed by atoms with Crippen molar-refractivity contribution in [2.24, 2.45) is 5.73 Å². The van der Waals surface area contributed by atoms with E-state index >= 15 is 0 Å². The number of benzene rings is 1. The summed E-state index contributed by atoms with van der Waals surface area (Å²) in [6.07, 6.45) is 4.74. The van der Waals surface area contributed by atoms with E-state index in [1.807, 2.05) is 6.07 Å². The number of hydrogen-bond donors (Lipinski definition) is 1. The molecule has 0 aliphatic carbocycles. The number of rotatable bonds is 6. The van der Waals surface area contributed by atoms with Gasteiger partial charge in [0.15, 0.2) is 0 Å². The zero-order chi connectivity index (χ0) is 15.4. The molecule has 21 heavy (non-hydrogen) atoms. The van der Waals surface area contributed by atoms with E-state index in [0.717, 1.165) is 12.2 Å². The second kappa shape index (κ2) is 7.28. The monoisotopic (exact) mass is 290 g/mol. The first-order chi connectivity index (χ1) is 10.1. The van der Waals surface area contributed by atoms with Gasteiger partial charge >= 0.3 is 0 Å². The lowest BCUT2D eigenvalue weighted by molar-refractivity contribution is 0.111. The normalized spacial score (nSPS) is 25.8. The number of hydrogen-bond acceptors (Lipinski definition) is 3. The van der Waals surface area contributed by atoms with Gasteiger partial charge in [-0.3, -0.25) is 4.90 Å². The van der Waals surface area contributed by atoms with Crippen LogP contribution in [0.4, 0.5) is 0 Å². The summed E-state index contributed by atoms with van der Waals surface area (Å²) in [6.45, 7) is 6.81. The molecule has 0 amide bonds. The fourth-order valence-electron chi connectivity index (χ4n) is 3.70. The Kier molecular flexibility index (Phi) is 5.65. The molecule has 1 aliphatic rings. The van der Waals surface area contributed by atoms with Gasteiger partial charge in [-0.15, -0.1) is 0 Å². The third-order valence-corrected chi connectivity index (χ3v) is 4.95. The molecular weight excluding hydrogens is 260 g/mol. The van der Waals surface area contributed by atoms with E-state index in [1.165, 1.54) is 24.8 Å². The lowest BCUT2D eigenvalue weighted by atomic mass is 9.94. The third kappa shape index (κ3) is 3.41. The van der Waals surface area contributed by atoms with E-state index in [-0.39, 0.29) is 12.1 Å². The molecule has 1 aromatic carbocycles. The fraction of sp³-hybridized carbons (Fsp3) is 0.667. The summed E-state index contributed by atoms with van der Waals surface area (Å²) in [5, 5.41) is 0. The highest BCUT2D eigenvalue weighted by Gasteiger charge is 2.37. The Bertz CT molecular complexity index is 449. The molecule has 1 aromatic rings. The van der Waals surface area contributed by atoms with Crippen LogP contribution >= 0.6 is 0 Å². The second-order valence-electron chi connectivity index (χ2n) is 6.23. The van der Waals surface area contributed by atoms with Crippen LogP contribution in [0, 0.1) is 0 Å². The zero-order valence-corrected chi connectivity index (χ0v) is 13.9. The summed E-state index contributed by atoms with van der Waals surface area (Å²) in [5.41, 5.74) is 7.81. The predicted molar refractivity (Wildman–Crippen MR) is 88.6 cm³/mol. The fourth-order valence-corrected chi connectivity index (χ4v) is 3.70. The Morgan fingerprint density at radius 1 is 1.33 bits per heavy atom. The summed E-state index contributed by atoms with van der Waals surface area (Å²) >= 11 is 0. The van der Waals surface area contributed by atoms with E-state index < -0.39 is 0 Å². The van der Waals surface area contributed by atoms with Crippen LogP contribution < -0.4 is 10.5 Å². The summed E-state index contributed by atoms with van der Waals surface area (Å²) in [5.74, 6) is 0.917. The van der Waals surface area contributed by atoms with Gasteiger partial charge in [-0.1, -0.05) is 26.0 Å². The number of nitrogens with zero attached hydrogens (tertiary/aromatic N) is 1. The number of nitrogens with two attached hydrogens (primary N) is 1. The number of ether oxygens (including phenoxy) is 1. The summed E-state index contributed by atoms with van der Waals surface area (Å²) in [6, 6.07) is 10.1. The third-order valence-electron chi connectivity index (χ3n) is 4.95. The van der Waals surface area contributed by atoms with Crippen molar-refractivity contribution in [3.05, 3.63) is 29.8 Å². The quantitative estimate of drug-likeness (QED) is 0.867. The van der Waals surface area contributed by atoms with Gasteiger partial charge in [-0.25, -0.2) is 0 Å².